The molecule has 0 saturated heterocycles. The maximum atomic E-state index is 6.34. The van der Waals surface area contributed by atoms with Crippen molar-refractivity contribution >= 4 is 17.8 Å². The van der Waals surface area contributed by atoms with E-state index in [0.717, 1.165) is 34.0 Å². The van der Waals surface area contributed by atoms with Gasteiger partial charge < -0.3 is 33.3 Å². The van der Waals surface area contributed by atoms with Crippen molar-refractivity contribution in [3.05, 3.63) is 96.4 Å². The Balaban J connectivity index is 0.00000256. The van der Waals surface area contributed by atoms with Gasteiger partial charge in [-0.2, -0.15) is 4.57 Å². The summed E-state index contributed by atoms with van der Waals surface area (Å²) >= 11 is 0. The molecule has 1 aromatic heterocycles. The predicted octanol–water partition coefficient (Wildman–Crippen LogP) is 2.68. The molecule has 3 nitrogen and oxygen atoms in total. The van der Waals surface area contributed by atoms with Gasteiger partial charge in [-0.15, -0.1) is 0 Å². The Morgan fingerprint density at radius 3 is 1.87 bits per heavy atom. The molecule has 0 unspecified atom stereocenters. The van der Waals surface area contributed by atoms with Crippen molar-refractivity contribution in [2.24, 2.45) is 7.05 Å². The fourth-order valence-electron chi connectivity index (χ4n) is 3.39. The van der Waals surface area contributed by atoms with E-state index in [9.17, 15) is 0 Å². The second-order valence-electron chi connectivity index (χ2n) is 7.23. The first kappa shape index (κ1) is 21.8. The summed E-state index contributed by atoms with van der Waals surface area (Å²) in [7, 11) is 6.14. The SMILES string of the molecule is CN(C)c1ccc(C=Cc2oc(-c3ccccc3)c(-c3ccccc3)[n+]2C)cc1.[I-]. The molecular formula is C26H25IN2O. The number of hydrogen-bond acceptors (Lipinski definition) is 2. The Labute approximate surface area is 195 Å². The molecule has 4 rings (SSSR count). The predicted molar refractivity (Wildman–Crippen MR) is 120 cm³/mol. The smallest absolute Gasteiger partial charge is 0.373 e. The lowest BCUT2D eigenvalue weighted by atomic mass is 10.1. The first-order valence-electron chi connectivity index (χ1n) is 9.72. The van der Waals surface area contributed by atoms with Crippen LogP contribution < -0.4 is 33.4 Å². The third-order valence-electron chi connectivity index (χ3n) is 5.00. The zero-order chi connectivity index (χ0) is 20.2. The first-order chi connectivity index (χ1) is 14.1. The lowest BCUT2D eigenvalue weighted by Crippen LogP contribution is -3.00. The molecule has 0 radical (unpaired) electrons. The van der Waals surface area contributed by atoms with E-state index in [2.05, 4.69) is 76.2 Å². The Morgan fingerprint density at radius 1 is 0.733 bits per heavy atom. The topological polar surface area (TPSA) is 20.3 Å². The van der Waals surface area contributed by atoms with Crippen LogP contribution in [0.25, 0.3) is 34.7 Å². The molecule has 0 spiro atoms. The van der Waals surface area contributed by atoms with Gasteiger partial charge in [0.1, 0.15) is 7.05 Å². The summed E-state index contributed by atoms with van der Waals surface area (Å²) in [5.41, 5.74) is 5.59. The van der Waals surface area contributed by atoms with E-state index in [0.29, 0.717) is 0 Å². The minimum Gasteiger partial charge on any atom is -1.00 e. The number of nitrogens with zero attached hydrogens (tertiary/aromatic N) is 2. The highest BCUT2D eigenvalue weighted by molar-refractivity contribution is 5.76. The molecule has 152 valence electrons. The van der Waals surface area contributed by atoms with Crippen LogP contribution in [-0.4, -0.2) is 14.1 Å². The number of rotatable bonds is 5. The van der Waals surface area contributed by atoms with Gasteiger partial charge in [-0.05, 0) is 35.9 Å². The van der Waals surface area contributed by atoms with Gasteiger partial charge in [0.05, 0.1) is 11.6 Å². The standard InChI is InChI=1S/C26H25N2O.HI/c1-27(2)23-17-14-20(15-18-23)16-19-24-28(3)25(21-10-6-4-7-11-21)26(29-24)22-12-8-5-9-13-22;/h4-19H,1-3H3;1H/q+1;/p-1. The van der Waals surface area contributed by atoms with Crippen LogP contribution >= 0.6 is 0 Å². The molecule has 0 aliphatic carbocycles. The van der Waals surface area contributed by atoms with Gasteiger partial charge >= 0.3 is 5.89 Å². The number of anilines is 1. The maximum absolute atomic E-state index is 6.34. The van der Waals surface area contributed by atoms with Crippen molar-refractivity contribution in [1.29, 1.82) is 0 Å². The molecule has 0 aliphatic heterocycles. The van der Waals surface area contributed by atoms with Crippen molar-refractivity contribution in [1.82, 2.24) is 0 Å². The summed E-state index contributed by atoms with van der Waals surface area (Å²) in [6.45, 7) is 0. The van der Waals surface area contributed by atoms with E-state index in [1.54, 1.807) is 0 Å². The Morgan fingerprint density at radius 2 is 1.30 bits per heavy atom. The summed E-state index contributed by atoms with van der Waals surface area (Å²) < 4.78 is 8.45. The zero-order valence-electron chi connectivity index (χ0n) is 17.4. The van der Waals surface area contributed by atoms with Gasteiger partial charge in [0, 0.05) is 25.3 Å². The van der Waals surface area contributed by atoms with Crippen LogP contribution in [0.5, 0.6) is 0 Å². The number of halogens is 1. The highest BCUT2D eigenvalue weighted by Gasteiger charge is 2.26. The van der Waals surface area contributed by atoms with Gasteiger partial charge in [-0.3, -0.25) is 0 Å². The highest BCUT2D eigenvalue weighted by Crippen LogP contribution is 2.31. The molecule has 0 aliphatic rings. The molecule has 1 heterocycles. The molecule has 0 fully saturated rings. The van der Waals surface area contributed by atoms with E-state index < -0.39 is 0 Å². The molecule has 4 heteroatoms. The quantitative estimate of drug-likeness (QED) is 0.305. The molecular weight excluding hydrogens is 483 g/mol. The molecule has 0 bridgehead atoms. The molecule has 4 aromatic rings. The van der Waals surface area contributed by atoms with Crippen molar-refractivity contribution in [3.63, 3.8) is 0 Å². The monoisotopic (exact) mass is 508 g/mol. The highest BCUT2D eigenvalue weighted by atomic mass is 127. The van der Waals surface area contributed by atoms with Crippen LogP contribution in [0.3, 0.4) is 0 Å². The van der Waals surface area contributed by atoms with Gasteiger partial charge in [-0.25, -0.2) is 0 Å². The summed E-state index contributed by atoms with van der Waals surface area (Å²) in [5, 5.41) is 0. The van der Waals surface area contributed by atoms with Crippen molar-refractivity contribution in [2.75, 3.05) is 19.0 Å². The van der Waals surface area contributed by atoms with Gasteiger partial charge in [0.15, 0.2) is 0 Å². The Bertz CT molecular complexity index is 1120. The van der Waals surface area contributed by atoms with Crippen molar-refractivity contribution in [3.8, 4) is 22.6 Å². The average molecular weight is 508 g/mol. The van der Waals surface area contributed by atoms with E-state index in [4.69, 9.17) is 4.42 Å². The fourth-order valence-corrected chi connectivity index (χ4v) is 3.39. The summed E-state index contributed by atoms with van der Waals surface area (Å²) in [4.78, 5) is 2.10. The number of oxazole rings is 1. The molecule has 0 N–H and O–H groups in total. The first-order valence-corrected chi connectivity index (χ1v) is 9.72. The van der Waals surface area contributed by atoms with Gasteiger partial charge in [0.2, 0.25) is 5.76 Å². The van der Waals surface area contributed by atoms with Crippen LogP contribution in [0.2, 0.25) is 0 Å². The fraction of sp³-hybridized carbons (Fsp3) is 0.115. The van der Waals surface area contributed by atoms with Crippen molar-refractivity contribution in [2.45, 2.75) is 0 Å². The molecule has 0 amide bonds. The van der Waals surface area contributed by atoms with Crippen LogP contribution in [0, 0.1) is 0 Å². The van der Waals surface area contributed by atoms with Gasteiger partial charge in [-0.1, -0.05) is 60.7 Å². The van der Waals surface area contributed by atoms with Crippen LogP contribution in [0.4, 0.5) is 5.69 Å². The summed E-state index contributed by atoms with van der Waals surface area (Å²) in [6, 6.07) is 29.1. The minimum atomic E-state index is 0. The van der Waals surface area contributed by atoms with Crippen LogP contribution in [0.1, 0.15) is 11.5 Å². The molecule has 0 saturated carbocycles. The second-order valence-corrected chi connectivity index (χ2v) is 7.23. The van der Waals surface area contributed by atoms with Gasteiger partial charge in [0.25, 0.3) is 5.69 Å². The molecule has 3 aromatic carbocycles. The lowest BCUT2D eigenvalue weighted by molar-refractivity contribution is -0.665. The lowest BCUT2D eigenvalue weighted by Gasteiger charge is -2.11. The van der Waals surface area contributed by atoms with E-state index in [1.807, 2.05) is 51.5 Å². The third-order valence-corrected chi connectivity index (χ3v) is 5.00. The maximum Gasteiger partial charge on any atom is 0.373 e. The molecule has 30 heavy (non-hydrogen) atoms. The second kappa shape index (κ2) is 9.76. The zero-order valence-corrected chi connectivity index (χ0v) is 19.6. The van der Waals surface area contributed by atoms with E-state index in [1.165, 1.54) is 5.69 Å². The number of aromatic nitrogens is 1. The largest absolute Gasteiger partial charge is 1.00 e. The van der Waals surface area contributed by atoms with Crippen LogP contribution in [-0.2, 0) is 7.05 Å². The minimum absolute atomic E-state index is 0. The Hall–Kier alpha value is -2.86. The van der Waals surface area contributed by atoms with Crippen molar-refractivity contribution < 1.29 is 33.0 Å². The number of hydrogen-bond donors (Lipinski definition) is 0. The molecule has 0 atom stereocenters. The van der Waals surface area contributed by atoms with E-state index >= 15 is 0 Å². The summed E-state index contributed by atoms with van der Waals surface area (Å²) in [6.07, 6.45) is 4.12. The summed E-state index contributed by atoms with van der Waals surface area (Å²) in [5.74, 6) is 1.68. The normalized spacial score (nSPS) is 10.8. The third kappa shape index (κ3) is 4.65. The Kier molecular flexibility index (Phi) is 7.11. The van der Waals surface area contributed by atoms with E-state index in [-0.39, 0.29) is 24.0 Å². The number of benzene rings is 3. The van der Waals surface area contributed by atoms with Crippen LogP contribution in [0.15, 0.2) is 89.3 Å². The average Bonchev–Trinajstić information content (AvgIpc) is 3.10.